The van der Waals surface area contributed by atoms with Crippen LogP contribution in [-0.2, 0) is 14.6 Å². The summed E-state index contributed by atoms with van der Waals surface area (Å²) in [4.78, 5) is 34.0. The molecule has 48 heavy (non-hydrogen) atoms. The lowest BCUT2D eigenvalue weighted by atomic mass is 9.70. The summed E-state index contributed by atoms with van der Waals surface area (Å²) in [7, 11) is -1.83. The minimum absolute atomic E-state index is 0.00720. The zero-order chi connectivity index (χ0) is 34.3. The van der Waals surface area contributed by atoms with E-state index in [1.165, 1.54) is 13.2 Å². The number of rotatable bonds is 6. The van der Waals surface area contributed by atoms with Crippen LogP contribution in [0.5, 0.6) is 17.2 Å². The van der Waals surface area contributed by atoms with Gasteiger partial charge in [-0.1, -0.05) is 11.3 Å². The number of methoxy groups -OCH3 is 1. The van der Waals surface area contributed by atoms with Crippen LogP contribution < -0.4 is 29.7 Å². The molecule has 1 saturated carbocycles. The van der Waals surface area contributed by atoms with Crippen molar-refractivity contribution in [2.24, 2.45) is 0 Å². The Morgan fingerprint density at radius 2 is 1.69 bits per heavy atom. The highest BCUT2D eigenvalue weighted by Gasteiger charge is 2.63. The van der Waals surface area contributed by atoms with Gasteiger partial charge in [0.05, 0.1) is 52.2 Å². The summed E-state index contributed by atoms with van der Waals surface area (Å²) >= 11 is 1.12. The molecule has 19 heteroatoms. The van der Waals surface area contributed by atoms with Crippen molar-refractivity contribution in [2.75, 3.05) is 48.5 Å². The number of ether oxygens (including phenoxy) is 4. The molecule has 4 aliphatic heterocycles. The Bertz CT molecular complexity index is 1910. The number of halogens is 5. The highest BCUT2D eigenvalue weighted by atomic mass is 32.2. The van der Waals surface area contributed by atoms with Crippen molar-refractivity contribution in [3.05, 3.63) is 35.4 Å². The van der Waals surface area contributed by atoms with Gasteiger partial charge in [0.15, 0.2) is 32.1 Å². The van der Waals surface area contributed by atoms with Crippen molar-refractivity contribution in [3.63, 3.8) is 0 Å². The van der Waals surface area contributed by atoms with E-state index in [2.05, 4.69) is 25.1 Å². The van der Waals surface area contributed by atoms with Gasteiger partial charge in [0.2, 0.25) is 0 Å². The molecule has 12 nitrogen and oxygen atoms in total. The van der Waals surface area contributed by atoms with E-state index in [9.17, 15) is 40.0 Å². The number of amides is 2. The molecule has 0 atom stereocenters. The Kier molecular flexibility index (Phi) is 7.48. The third-order valence-electron chi connectivity index (χ3n) is 9.14. The number of benzene rings is 2. The van der Waals surface area contributed by atoms with Gasteiger partial charge >= 0.3 is 12.5 Å². The van der Waals surface area contributed by atoms with Crippen molar-refractivity contribution in [2.45, 2.75) is 49.3 Å². The fourth-order valence-electron chi connectivity index (χ4n) is 6.39. The summed E-state index contributed by atoms with van der Waals surface area (Å²) in [5, 5.41) is 5.78. The average molecular weight is 719 g/mol. The van der Waals surface area contributed by atoms with Crippen LogP contribution in [0.3, 0.4) is 0 Å². The van der Waals surface area contributed by atoms with Crippen LogP contribution in [0, 0.1) is 0 Å². The molecule has 5 heterocycles. The lowest BCUT2D eigenvalue weighted by Crippen LogP contribution is -2.66. The molecule has 3 saturated heterocycles. The highest BCUT2D eigenvalue weighted by Crippen LogP contribution is 2.52. The summed E-state index contributed by atoms with van der Waals surface area (Å²) in [6, 6.07) is 5.07. The van der Waals surface area contributed by atoms with Crippen LogP contribution in [0.2, 0.25) is 0 Å². The predicted octanol–water partition coefficient (Wildman–Crippen LogP) is 4.49. The molecular weight excluding hydrogens is 691 g/mol. The Morgan fingerprint density at radius 1 is 1.02 bits per heavy atom. The number of sulfone groups is 1. The van der Waals surface area contributed by atoms with Crippen molar-refractivity contribution < 1.29 is 58.9 Å². The van der Waals surface area contributed by atoms with E-state index in [4.69, 9.17) is 9.47 Å². The van der Waals surface area contributed by atoms with Crippen LogP contribution in [0.1, 0.15) is 46.4 Å². The SMILES string of the molecule is COc1ccc2nc(N3CCS(=O)(=O)CC3)sc2c1C(=O)Nc1cc2c(cc1C(=O)NC13CCC(C(F)(F)F)(CC1)OC3)OC(F)(F)O2. The van der Waals surface area contributed by atoms with E-state index >= 15 is 0 Å². The van der Waals surface area contributed by atoms with Crippen molar-refractivity contribution >= 4 is 54.0 Å². The largest absolute Gasteiger partial charge is 0.586 e. The maximum Gasteiger partial charge on any atom is 0.586 e. The minimum Gasteiger partial charge on any atom is -0.496 e. The Balaban J connectivity index is 1.20. The monoisotopic (exact) mass is 718 g/mol. The second kappa shape index (κ2) is 11.0. The first-order valence-electron chi connectivity index (χ1n) is 14.7. The Hall–Kier alpha value is -3.97. The zero-order valence-electron chi connectivity index (χ0n) is 25.0. The first-order chi connectivity index (χ1) is 22.5. The molecule has 2 amide bonds. The second-order valence-corrected chi connectivity index (χ2v) is 15.4. The maximum atomic E-state index is 14.0. The fourth-order valence-corrected chi connectivity index (χ4v) is 8.74. The maximum absolute atomic E-state index is 14.0. The number of carbonyl (C=O) groups excluding carboxylic acids is 2. The molecule has 1 aromatic heterocycles. The van der Waals surface area contributed by atoms with Gasteiger partial charge in [0.25, 0.3) is 11.8 Å². The molecule has 8 rings (SSSR count). The molecule has 258 valence electrons. The van der Waals surface area contributed by atoms with Crippen molar-refractivity contribution in [1.29, 1.82) is 0 Å². The van der Waals surface area contributed by atoms with E-state index in [0.29, 0.717) is 15.3 Å². The van der Waals surface area contributed by atoms with E-state index in [1.807, 2.05) is 0 Å². The van der Waals surface area contributed by atoms with Gasteiger partial charge in [0.1, 0.15) is 11.3 Å². The third-order valence-corrected chi connectivity index (χ3v) is 11.9. The normalized spacial score (nSPS) is 25.6. The zero-order valence-corrected chi connectivity index (χ0v) is 26.7. The molecule has 0 radical (unpaired) electrons. The quantitative estimate of drug-likeness (QED) is 0.350. The number of thiazole rings is 1. The predicted molar refractivity (Wildman–Crippen MR) is 161 cm³/mol. The second-order valence-electron chi connectivity index (χ2n) is 12.1. The molecule has 1 aliphatic carbocycles. The summed E-state index contributed by atoms with van der Waals surface area (Å²) in [5.41, 5.74) is -3.61. The van der Waals surface area contributed by atoms with E-state index < -0.39 is 63.4 Å². The summed E-state index contributed by atoms with van der Waals surface area (Å²) in [5.74, 6) is -2.61. The van der Waals surface area contributed by atoms with Gasteiger partial charge in [-0.25, -0.2) is 13.4 Å². The Morgan fingerprint density at radius 3 is 2.29 bits per heavy atom. The Labute approximate surface area is 273 Å². The van der Waals surface area contributed by atoms with Crippen LogP contribution in [-0.4, -0.2) is 87.1 Å². The van der Waals surface area contributed by atoms with Crippen LogP contribution in [0.25, 0.3) is 10.2 Å². The van der Waals surface area contributed by atoms with E-state index in [-0.39, 0.29) is 72.8 Å². The molecule has 2 bridgehead atoms. The molecule has 5 aliphatic rings. The first-order valence-corrected chi connectivity index (χ1v) is 17.4. The third kappa shape index (κ3) is 5.64. The molecule has 4 fully saturated rings. The number of hydrogen-bond acceptors (Lipinski definition) is 11. The number of fused-ring (bicyclic) bond motifs is 5. The van der Waals surface area contributed by atoms with Crippen LogP contribution in [0.15, 0.2) is 24.3 Å². The van der Waals surface area contributed by atoms with Crippen molar-refractivity contribution in [1.82, 2.24) is 10.3 Å². The number of hydrogen-bond donors (Lipinski definition) is 2. The average Bonchev–Trinajstić information content (AvgIpc) is 3.59. The molecule has 0 spiro atoms. The number of aromatic nitrogens is 1. The minimum atomic E-state index is -4.58. The van der Waals surface area contributed by atoms with Gasteiger partial charge in [0, 0.05) is 19.2 Å². The summed E-state index contributed by atoms with van der Waals surface area (Å²) < 4.78 is 113. The standard InChI is InChI=1S/C29H27F5N4O8S2/c1-43-18-3-2-16-22(47-25(36-16)38-8-10-48(41,42)11-9-38)21(18)24(40)35-17-13-20-19(45-29(33,34)46-20)12-15(17)23(39)37-26-4-6-27(7-5-26,44-14-26)28(30,31)32/h2-3,12-13H,4-11,14H2,1H3,(H,35,40)(H,37,39). The number of anilines is 2. The van der Waals surface area contributed by atoms with E-state index in [1.54, 1.807) is 11.0 Å². The van der Waals surface area contributed by atoms with Gasteiger partial charge in [-0.15, -0.1) is 8.78 Å². The van der Waals surface area contributed by atoms with Gasteiger partial charge in [-0.05, 0) is 43.9 Å². The number of alkyl halides is 5. The number of carbonyl (C=O) groups is 2. The molecule has 0 unspecified atom stereocenters. The summed E-state index contributed by atoms with van der Waals surface area (Å²) in [6.07, 6.45) is -9.47. The van der Waals surface area contributed by atoms with E-state index in [0.717, 1.165) is 23.5 Å². The number of nitrogens with zero attached hydrogens (tertiary/aromatic N) is 2. The first kappa shape index (κ1) is 32.6. The number of nitrogens with one attached hydrogen (secondary N) is 2. The smallest absolute Gasteiger partial charge is 0.496 e. The molecule has 3 aromatic rings. The highest BCUT2D eigenvalue weighted by molar-refractivity contribution is 7.91. The van der Waals surface area contributed by atoms with Gasteiger partial charge < -0.3 is 34.5 Å². The van der Waals surface area contributed by atoms with Gasteiger partial charge in [-0.2, -0.15) is 13.2 Å². The van der Waals surface area contributed by atoms with Gasteiger partial charge in [-0.3, -0.25) is 9.59 Å². The van der Waals surface area contributed by atoms with Crippen LogP contribution >= 0.6 is 11.3 Å². The molecule has 2 N–H and O–H groups in total. The summed E-state index contributed by atoms with van der Waals surface area (Å²) in [6.45, 7) is 0.00804. The lowest BCUT2D eigenvalue weighted by Gasteiger charge is -2.53. The van der Waals surface area contributed by atoms with Crippen LogP contribution in [0.4, 0.5) is 32.8 Å². The fraction of sp³-hybridized carbons (Fsp3) is 0.483. The molecule has 2 aromatic carbocycles. The lowest BCUT2D eigenvalue weighted by molar-refractivity contribution is -0.317. The molecular formula is C29H27F5N4O8S2. The topological polar surface area (TPSA) is 145 Å². The van der Waals surface area contributed by atoms with Crippen molar-refractivity contribution in [3.8, 4) is 17.2 Å².